The molecule has 65 heavy (non-hydrogen) atoms. The van der Waals surface area contributed by atoms with Crippen LogP contribution in [0.1, 0.15) is 43.5 Å². The predicted molar refractivity (Wildman–Crippen MR) is 255 cm³/mol. The summed E-state index contributed by atoms with van der Waals surface area (Å²) in [4.78, 5) is 46.3. The molecule has 5 aromatic heterocycles. The first-order valence-electron chi connectivity index (χ1n) is 22.1. The van der Waals surface area contributed by atoms with Crippen molar-refractivity contribution in [3.8, 4) is 22.8 Å². The maximum Gasteiger partial charge on any atom is 0.250 e. The number of para-hydroxylation sites is 1. The van der Waals surface area contributed by atoms with E-state index in [0.717, 1.165) is 101 Å². The number of anilines is 3. The Kier molecular flexibility index (Phi) is 11.8. The number of imidazole rings is 1. The summed E-state index contributed by atoms with van der Waals surface area (Å²) in [5.74, 6) is 4.61. The van der Waals surface area contributed by atoms with Gasteiger partial charge in [-0.15, -0.1) is 0 Å². The maximum atomic E-state index is 13.5. The van der Waals surface area contributed by atoms with Gasteiger partial charge >= 0.3 is 0 Å². The minimum Gasteiger partial charge on any atom is -0.457 e. The van der Waals surface area contributed by atoms with Crippen LogP contribution < -0.4 is 25.6 Å². The van der Waals surface area contributed by atoms with Crippen molar-refractivity contribution >= 4 is 67.3 Å². The summed E-state index contributed by atoms with van der Waals surface area (Å²) < 4.78 is 8.33. The van der Waals surface area contributed by atoms with Gasteiger partial charge in [-0.3, -0.25) is 9.89 Å². The molecule has 0 saturated carbocycles. The van der Waals surface area contributed by atoms with Crippen molar-refractivity contribution in [2.24, 2.45) is 5.92 Å². The summed E-state index contributed by atoms with van der Waals surface area (Å²) in [6.07, 6.45) is 8.80. The van der Waals surface area contributed by atoms with Crippen LogP contribution in [0.2, 0.25) is 0 Å². The second-order valence-corrected chi connectivity index (χ2v) is 17.8. The number of nitrogen functional groups attached to an aromatic ring is 1. The van der Waals surface area contributed by atoms with Crippen LogP contribution in [0, 0.1) is 12.8 Å². The molecule has 2 atom stereocenters. The number of aryl methyl sites for hydroxylation is 1. The predicted octanol–water partition coefficient (Wildman–Crippen LogP) is 7.23. The van der Waals surface area contributed by atoms with E-state index < -0.39 is 0 Å². The molecule has 3 aliphatic heterocycles. The largest absolute Gasteiger partial charge is 0.457 e. The van der Waals surface area contributed by atoms with Gasteiger partial charge in [-0.2, -0.15) is 24.7 Å². The number of benzene rings is 3. The summed E-state index contributed by atoms with van der Waals surface area (Å²) in [6, 6.07) is 24.0. The summed E-state index contributed by atoms with van der Waals surface area (Å²) >= 11 is 3.66. The second-order valence-electron chi connectivity index (χ2n) is 16.9. The highest BCUT2D eigenvalue weighted by Crippen LogP contribution is 2.33. The highest BCUT2D eigenvalue weighted by Gasteiger charge is 2.36. The number of carbonyl (C=O) groups is 1. The fourth-order valence-corrected chi connectivity index (χ4v) is 9.38. The normalized spacial score (nSPS) is 17.3. The molecule has 3 aromatic carbocycles. The lowest BCUT2D eigenvalue weighted by Gasteiger charge is -2.30. The molecule has 3 fully saturated rings. The molecule has 0 bridgehead atoms. The molecule has 3 saturated heterocycles. The molecule has 0 radical (unpaired) electrons. The molecule has 11 rings (SSSR count). The van der Waals surface area contributed by atoms with E-state index >= 15 is 0 Å². The van der Waals surface area contributed by atoms with Crippen LogP contribution in [-0.4, -0.2) is 106 Å². The number of rotatable bonds is 10. The monoisotopic (exact) mass is 935 g/mol. The van der Waals surface area contributed by atoms with Gasteiger partial charge in [0.2, 0.25) is 11.9 Å². The second kappa shape index (κ2) is 18.3. The first-order chi connectivity index (χ1) is 31.7. The van der Waals surface area contributed by atoms with E-state index in [1.165, 1.54) is 24.7 Å². The fourth-order valence-electron chi connectivity index (χ4n) is 9.03. The molecule has 332 valence electrons. The first-order valence-corrected chi connectivity index (χ1v) is 22.9. The molecule has 3 aliphatic rings. The highest BCUT2D eigenvalue weighted by molar-refractivity contribution is 9.10. The van der Waals surface area contributed by atoms with E-state index in [1.54, 1.807) is 10.7 Å². The summed E-state index contributed by atoms with van der Waals surface area (Å²) in [5, 5.41) is 16.2. The number of halogens is 1. The molecular weight excluding hydrogens is 887 g/mol. The van der Waals surface area contributed by atoms with Crippen LogP contribution >= 0.6 is 15.9 Å². The quantitative estimate of drug-likeness (QED) is 0.100. The van der Waals surface area contributed by atoms with Crippen molar-refractivity contribution in [2.45, 2.75) is 51.6 Å². The van der Waals surface area contributed by atoms with Gasteiger partial charge in [0, 0.05) is 43.4 Å². The lowest BCUT2D eigenvalue weighted by Crippen LogP contribution is -2.40. The topological polar surface area (TPSA) is 200 Å². The van der Waals surface area contributed by atoms with Gasteiger partial charge < -0.3 is 35.5 Å². The van der Waals surface area contributed by atoms with Crippen molar-refractivity contribution in [1.29, 1.82) is 0 Å². The average Bonchev–Trinajstić information content (AvgIpc) is 4.15. The molecule has 0 aliphatic carbocycles. The van der Waals surface area contributed by atoms with E-state index in [4.69, 9.17) is 25.4 Å². The third kappa shape index (κ3) is 8.95. The van der Waals surface area contributed by atoms with Gasteiger partial charge in [-0.25, -0.2) is 15.0 Å². The molecule has 8 heterocycles. The Labute approximate surface area is 383 Å². The standard InChI is InChI=1S/C30H37BrN10O.C17H13N5O/c1-19-8-9-23-24(13-19)35-26(34-23)18-40(15-20(2)28(42)38-11-4-3-5-12-38)30-37-29(36-27-22(31)14-33-41(27)30)39-16-21-7-6-10-32-25(21)17-39;18-16-14-15(21-22-17(14)20-10-19-16)11-6-8-13(9-7-11)23-12-4-2-1-3-5-12/h8-9,13-14,21,25,32H,2-7,10-12,15-18H2,1H3,(H,34,35);1-10H,(H3,18,19,20,21,22). The summed E-state index contributed by atoms with van der Waals surface area (Å²) in [7, 11) is 0. The third-order valence-electron chi connectivity index (χ3n) is 12.3. The van der Waals surface area contributed by atoms with Gasteiger partial charge in [0.25, 0.3) is 5.91 Å². The number of aromatic nitrogens is 10. The number of aromatic amines is 2. The van der Waals surface area contributed by atoms with Crippen LogP contribution in [0.25, 0.3) is 39.0 Å². The minimum atomic E-state index is 0.00166. The van der Waals surface area contributed by atoms with E-state index in [-0.39, 0.29) is 5.91 Å². The lowest BCUT2D eigenvalue weighted by atomic mass is 9.94. The maximum absolute atomic E-state index is 13.5. The van der Waals surface area contributed by atoms with E-state index in [9.17, 15) is 4.79 Å². The van der Waals surface area contributed by atoms with Crippen molar-refractivity contribution in [3.05, 3.63) is 113 Å². The Hall–Kier alpha value is -6.92. The number of H-pyrrole nitrogens is 2. The third-order valence-corrected chi connectivity index (χ3v) is 12.9. The Morgan fingerprint density at radius 2 is 1.78 bits per heavy atom. The molecule has 2 unspecified atom stereocenters. The molecule has 1 amide bonds. The van der Waals surface area contributed by atoms with Crippen molar-refractivity contribution in [2.75, 3.05) is 54.8 Å². The van der Waals surface area contributed by atoms with Crippen molar-refractivity contribution in [3.63, 3.8) is 0 Å². The van der Waals surface area contributed by atoms with Gasteiger partial charge in [0.15, 0.2) is 11.3 Å². The smallest absolute Gasteiger partial charge is 0.250 e. The number of likely N-dealkylation sites (tertiary alicyclic amines) is 1. The number of fused-ring (bicyclic) bond motifs is 4. The number of nitrogens with two attached hydrogens (primary N) is 1. The number of nitrogens with zero attached hydrogens (tertiary/aromatic N) is 11. The highest BCUT2D eigenvalue weighted by atomic mass is 79.9. The number of hydrogen-bond donors (Lipinski definition) is 4. The van der Waals surface area contributed by atoms with Crippen LogP contribution in [-0.2, 0) is 11.3 Å². The summed E-state index contributed by atoms with van der Waals surface area (Å²) in [5.41, 5.74) is 12.5. The van der Waals surface area contributed by atoms with E-state index in [2.05, 4.69) is 82.0 Å². The van der Waals surface area contributed by atoms with Gasteiger partial charge in [0.1, 0.15) is 29.5 Å². The molecular formula is C47H50BrN15O2. The van der Waals surface area contributed by atoms with Crippen LogP contribution in [0.15, 0.2) is 102 Å². The van der Waals surface area contributed by atoms with E-state index in [0.29, 0.717) is 59.6 Å². The lowest BCUT2D eigenvalue weighted by molar-refractivity contribution is -0.128. The van der Waals surface area contributed by atoms with Crippen LogP contribution in [0.5, 0.6) is 11.5 Å². The van der Waals surface area contributed by atoms with E-state index in [1.807, 2.05) is 70.5 Å². The summed E-state index contributed by atoms with van der Waals surface area (Å²) in [6.45, 7) is 11.4. The number of amides is 1. The number of nitrogens with one attached hydrogen (secondary N) is 3. The molecule has 0 spiro atoms. The zero-order valence-corrected chi connectivity index (χ0v) is 37.7. The number of hydrogen-bond acceptors (Lipinski definition) is 13. The Balaban J connectivity index is 0.000000182. The Morgan fingerprint density at radius 1 is 0.969 bits per heavy atom. The van der Waals surface area contributed by atoms with Gasteiger partial charge in [-0.05, 0) is 122 Å². The number of carbonyl (C=O) groups excluding carboxylic acids is 1. The van der Waals surface area contributed by atoms with Crippen LogP contribution in [0.3, 0.4) is 0 Å². The molecule has 17 nitrogen and oxygen atoms in total. The zero-order valence-electron chi connectivity index (χ0n) is 36.1. The molecule has 5 N–H and O–H groups in total. The minimum absolute atomic E-state index is 0.00166. The fraction of sp³-hybridized carbons (Fsp3) is 0.319. The van der Waals surface area contributed by atoms with Gasteiger partial charge in [0.05, 0.1) is 45.9 Å². The van der Waals surface area contributed by atoms with Crippen molar-refractivity contribution < 1.29 is 9.53 Å². The number of piperidine rings is 2. The first kappa shape index (κ1) is 42.1. The SMILES string of the molecule is C=C(CN(Cc1nc2ccc(C)cc2[nH]1)c1nc(N2CC3CCCNC3C2)nc2c(Br)cnn12)C(=O)N1CCCCC1.Nc1ncnc2n[nH]c(-c3ccc(Oc4ccccc4)cc3)c12. The number of ether oxygens (including phenoxy) is 1. The molecule has 18 heteroatoms. The zero-order chi connectivity index (χ0) is 44.4. The van der Waals surface area contributed by atoms with Gasteiger partial charge in [-0.1, -0.05) is 30.8 Å². The van der Waals surface area contributed by atoms with Crippen LogP contribution in [0.4, 0.5) is 17.7 Å². The molecule has 8 aromatic rings. The Bertz CT molecular complexity index is 2970. The Morgan fingerprint density at radius 3 is 2.60 bits per heavy atom. The van der Waals surface area contributed by atoms with Crippen molar-refractivity contribution in [1.82, 2.24) is 59.9 Å². The average molecular weight is 937 g/mol.